The number of rotatable bonds is 5. The van der Waals surface area contributed by atoms with Crippen molar-refractivity contribution in [3.63, 3.8) is 0 Å². The minimum Gasteiger partial charge on any atom is -0.414 e. The molecule has 7 heteroatoms. The van der Waals surface area contributed by atoms with Crippen molar-refractivity contribution in [2.75, 3.05) is 20.3 Å². The van der Waals surface area contributed by atoms with Gasteiger partial charge in [-0.2, -0.15) is 0 Å². The van der Waals surface area contributed by atoms with Crippen LogP contribution in [0.4, 0.5) is 0 Å². The van der Waals surface area contributed by atoms with E-state index < -0.39 is 39.0 Å². The predicted octanol–water partition coefficient (Wildman–Crippen LogP) is 0.464. The summed E-state index contributed by atoms with van der Waals surface area (Å²) in [4.78, 5) is 0. The third-order valence-corrected chi connectivity index (χ3v) is 8.99. The highest BCUT2D eigenvalue weighted by atomic mass is 28.4. The Labute approximate surface area is 121 Å². The second-order valence-electron chi connectivity index (χ2n) is 6.84. The molecule has 0 radical (unpaired) electrons. The van der Waals surface area contributed by atoms with Gasteiger partial charge in [-0.25, -0.2) is 0 Å². The first-order valence-corrected chi connectivity index (χ1v) is 9.75. The van der Waals surface area contributed by atoms with Gasteiger partial charge in [0.2, 0.25) is 5.79 Å². The molecular weight excluding hydrogens is 280 g/mol. The molecule has 0 aromatic carbocycles. The highest BCUT2D eigenvalue weighted by Crippen LogP contribution is 2.38. The molecule has 1 aliphatic heterocycles. The van der Waals surface area contributed by atoms with Crippen LogP contribution in [0.5, 0.6) is 0 Å². The summed E-state index contributed by atoms with van der Waals surface area (Å²) in [5.41, 5.74) is 0. The van der Waals surface area contributed by atoms with Gasteiger partial charge in [-0.05, 0) is 18.1 Å². The molecule has 1 aliphatic rings. The minimum absolute atomic E-state index is 0.0461. The van der Waals surface area contributed by atoms with Crippen LogP contribution in [0.3, 0.4) is 0 Å². The highest BCUT2D eigenvalue weighted by Gasteiger charge is 2.55. The molecule has 1 heterocycles. The molecule has 1 saturated heterocycles. The first kappa shape index (κ1) is 18.0. The van der Waals surface area contributed by atoms with Gasteiger partial charge in [-0.15, -0.1) is 0 Å². The van der Waals surface area contributed by atoms with E-state index in [4.69, 9.17) is 13.9 Å². The number of hydrogen-bond acceptors (Lipinski definition) is 6. The smallest absolute Gasteiger partial charge is 0.221 e. The van der Waals surface area contributed by atoms with Crippen molar-refractivity contribution in [2.24, 2.45) is 0 Å². The first-order valence-electron chi connectivity index (χ1n) is 6.84. The molecule has 1 rings (SSSR count). The maximum atomic E-state index is 10.0. The van der Waals surface area contributed by atoms with E-state index in [1.54, 1.807) is 0 Å². The lowest BCUT2D eigenvalue weighted by Crippen LogP contribution is -2.47. The molecule has 0 amide bonds. The van der Waals surface area contributed by atoms with E-state index in [1.807, 2.05) is 0 Å². The quantitative estimate of drug-likeness (QED) is 0.640. The van der Waals surface area contributed by atoms with E-state index in [-0.39, 0.29) is 11.6 Å². The monoisotopic (exact) mass is 308 g/mol. The van der Waals surface area contributed by atoms with Crippen molar-refractivity contribution in [3.8, 4) is 0 Å². The van der Waals surface area contributed by atoms with Crippen LogP contribution in [0.1, 0.15) is 20.8 Å². The second kappa shape index (κ2) is 6.00. The second-order valence-corrected chi connectivity index (χ2v) is 11.6. The van der Waals surface area contributed by atoms with E-state index >= 15 is 0 Å². The van der Waals surface area contributed by atoms with Crippen molar-refractivity contribution in [1.82, 2.24) is 0 Å². The lowest BCUT2D eigenvalue weighted by molar-refractivity contribution is -0.263. The van der Waals surface area contributed by atoms with Gasteiger partial charge in [-0.1, -0.05) is 20.8 Å². The van der Waals surface area contributed by atoms with Gasteiger partial charge >= 0.3 is 0 Å². The van der Waals surface area contributed by atoms with Crippen LogP contribution in [0.2, 0.25) is 18.1 Å². The van der Waals surface area contributed by atoms with Gasteiger partial charge in [0.1, 0.15) is 24.9 Å². The Hall–Kier alpha value is -0.0231. The average Bonchev–Trinajstić information content (AvgIpc) is 2.60. The Morgan fingerprint density at radius 2 is 1.80 bits per heavy atom. The van der Waals surface area contributed by atoms with Crippen LogP contribution in [0.25, 0.3) is 0 Å². The summed E-state index contributed by atoms with van der Waals surface area (Å²) < 4.78 is 16.5. The Balaban J connectivity index is 2.71. The van der Waals surface area contributed by atoms with E-state index in [2.05, 4.69) is 33.9 Å². The minimum atomic E-state index is -1.97. The largest absolute Gasteiger partial charge is 0.414 e. The zero-order valence-electron chi connectivity index (χ0n) is 13.2. The fourth-order valence-electron chi connectivity index (χ4n) is 1.86. The Bertz CT molecular complexity index is 323. The van der Waals surface area contributed by atoms with Crippen LogP contribution < -0.4 is 0 Å². The Kier molecular flexibility index (Phi) is 5.41. The van der Waals surface area contributed by atoms with Crippen molar-refractivity contribution in [2.45, 2.75) is 63.0 Å². The molecule has 120 valence electrons. The van der Waals surface area contributed by atoms with E-state index in [1.165, 1.54) is 7.11 Å². The number of aliphatic hydroxyl groups is 3. The SMILES string of the molecule is COC1(CO)O[C@H](CO[Si](C)(C)C(C)(C)C)[C@@H](O)[C@@H]1O. The molecule has 6 nitrogen and oxygen atoms in total. The topological polar surface area (TPSA) is 88.4 Å². The average molecular weight is 308 g/mol. The van der Waals surface area contributed by atoms with Crippen molar-refractivity contribution >= 4 is 8.32 Å². The van der Waals surface area contributed by atoms with Crippen molar-refractivity contribution < 1.29 is 29.2 Å². The molecule has 0 aromatic heterocycles. The van der Waals surface area contributed by atoms with Gasteiger partial charge in [-0.3, -0.25) is 0 Å². The van der Waals surface area contributed by atoms with Crippen LogP contribution in [0.15, 0.2) is 0 Å². The highest BCUT2D eigenvalue weighted by molar-refractivity contribution is 6.74. The van der Waals surface area contributed by atoms with Crippen LogP contribution in [0, 0.1) is 0 Å². The van der Waals surface area contributed by atoms with Gasteiger partial charge in [0, 0.05) is 7.11 Å². The van der Waals surface area contributed by atoms with Gasteiger partial charge < -0.3 is 29.2 Å². The first-order chi connectivity index (χ1) is 9.00. The molecule has 1 fully saturated rings. The molecule has 0 aromatic rings. The summed E-state index contributed by atoms with van der Waals surface area (Å²) >= 11 is 0. The van der Waals surface area contributed by atoms with Gasteiger partial charge in [0.15, 0.2) is 8.32 Å². The Morgan fingerprint density at radius 3 is 2.15 bits per heavy atom. The fourth-order valence-corrected chi connectivity index (χ4v) is 2.88. The maximum Gasteiger partial charge on any atom is 0.221 e. The van der Waals surface area contributed by atoms with Crippen LogP contribution in [-0.2, 0) is 13.9 Å². The maximum absolute atomic E-state index is 10.0. The number of hydrogen-bond donors (Lipinski definition) is 3. The van der Waals surface area contributed by atoms with Crippen molar-refractivity contribution in [3.05, 3.63) is 0 Å². The third-order valence-electron chi connectivity index (χ3n) is 4.49. The van der Waals surface area contributed by atoms with Gasteiger partial charge in [0.25, 0.3) is 0 Å². The molecular formula is C13H28O6Si. The molecule has 20 heavy (non-hydrogen) atoms. The lowest BCUT2D eigenvalue weighted by Gasteiger charge is -2.37. The molecule has 0 saturated carbocycles. The number of ether oxygens (including phenoxy) is 2. The summed E-state index contributed by atoms with van der Waals surface area (Å²) in [6.45, 7) is 10.2. The molecule has 4 atom stereocenters. The summed E-state index contributed by atoms with van der Waals surface area (Å²) in [7, 11) is -0.644. The van der Waals surface area contributed by atoms with E-state index in [0.717, 1.165) is 0 Å². The standard InChI is InChI=1S/C13H28O6Si/c1-12(2,3)20(5,6)18-7-9-10(15)11(16)13(8-14,17-4)19-9/h9-11,14-16H,7-8H2,1-6H3/t9-,10-,11+,13?/m1/s1. The number of aliphatic hydroxyl groups excluding tert-OH is 3. The molecule has 1 unspecified atom stereocenters. The lowest BCUT2D eigenvalue weighted by atomic mass is 10.1. The van der Waals surface area contributed by atoms with Crippen molar-refractivity contribution in [1.29, 1.82) is 0 Å². The summed E-state index contributed by atoms with van der Waals surface area (Å²) in [5.74, 6) is -1.57. The Morgan fingerprint density at radius 1 is 1.25 bits per heavy atom. The fraction of sp³-hybridized carbons (Fsp3) is 1.00. The summed E-state index contributed by atoms with van der Waals surface area (Å²) in [6.07, 6.45) is -3.16. The predicted molar refractivity (Wildman–Crippen MR) is 76.9 cm³/mol. The zero-order valence-corrected chi connectivity index (χ0v) is 14.2. The van der Waals surface area contributed by atoms with Crippen LogP contribution >= 0.6 is 0 Å². The molecule has 3 N–H and O–H groups in total. The summed E-state index contributed by atoms with van der Waals surface area (Å²) in [5, 5.41) is 29.4. The molecule has 0 spiro atoms. The van der Waals surface area contributed by atoms with Gasteiger partial charge in [0.05, 0.1) is 6.61 Å². The van der Waals surface area contributed by atoms with Crippen LogP contribution in [-0.4, -0.2) is 68.1 Å². The number of methoxy groups -OCH3 is 1. The van der Waals surface area contributed by atoms with E-state index in [0.29, 0.717) is 0 Å². The van der Waals surface area contributed by atoms with E-state index in [9.17, 15) is 15.3 Å². The normalized spacial score (nSPS) is 35.5. The zero-order chi connectivity index (χ0) is 15.8. The summed E-state index contributed by atoms with van der Waals surface area (Å²) in [6, 6.07) is 0. The molecule has 0 bridgehead atoms. The molecule has 0 aliphatic carbocycles. The third kappa shape index (κ3) is 3.24.